The SMILES string of the molecule is Cc1ccc(CN(C)C(=O)C(C)Oc2cccc(Cl)c2)o1. The molecule has 0 spiro atoms. The van der Waals surface area contributed by atoms with Gasteiger partial charge in [-0.05, 0) is 44.2 Å². The van der Waals surface area contributed by atoms with Crippen LogP contribution in [-0.4, -0.2) is 24.0 Å². The largest absolute Gasteiger partial charge is 0.481 e. The number of amides is 1. The lowest BCUT2D eigenvalue weighted by molar-refractivity contribution is -0.137. The van der Waals surface area contributed by atoms with Crippen molar-refractivity contribution in [2.75, 3.05) is 7.05 Å². The summed E-state index contributed by atoms with van der Waals surface area (Å²) in [5, 5.41) is 0.576. The molecule has 0 aliphatic carbocycles. The van der Waals surface area contributed by atoms with Gasteiger partial charge in [-0.15, -0.1) is 0 Å². The van der Waals surface area contributed by atoms with Crippen molar-refractivity contribution in [2.45, 2.75) is 26.5 Å². The van der Waals surface area contributed by atoms with Crippen molar-refractivity contribution in [3.05, 3.63) is 52.9 Å². The van der Waals surface area contributed by atoms with Crippen LogP contribution in [0, 0.1) is 6.92 Å². The van der Waals surface area contributed by atoms with Crippen LogP contribution in [0.3, 0.4) is 0 Å². The molecule has 4 nitrogen and oxygen atoms in total. The minimum atomic E-state index is -0.593. The lowest BCUT2D eigenvalue weighted by Gasteiger charge is -2.21. The Bertz CT molecular complexity index is 623. The second kappa shape index (κ2) is 6.68. The first-order valence-corrected chi connectivity index (χ1v) is 7.06. The predicted molar refractivity (Wildman–Crippen MR) is 81.5 cm³/mol. The summed E-state index contributed by atoms with van der Waals surface area (Å²) < 4.78 is 11.1. The number of rotatable bonds is 5. The highest BCUT2D eigenvalue weighted by molar-refractivity contribution is 6.30. The number of halogens is 1. The highest BCUT2D eigenvalue weighted by atomic mass is 35.5. The summed E-state index contributed by atoms with van der Waals surface area (Å²) in [5.74, 6) is 2.03. The maximum atomic E-state index is 12.3. The molecule has 1 atom stereocenters. The quantitative estimate of drug-likeness (QED) is 0.846. The van der Waals surface area contributed by atoms with Crippen LogP contribution in [0.5, 0.6) is 5.75 Å². The van der Waals surface area contributed by atoms with Crippen LogP contribution in [0.25, 0.3) is 0 Å². The van der Waals surface area contributed by atoms with Crippen LogP contribution in [-0.2, 0) is 11.3 Å². The molecule has 2 aromatic rings. The Balaban J connectivity index is 1.95. The fourth-order valence-electron chi connectivity index (χ4n) is 1.99. The van der Waals surface area contributed by atoms with E-state index in [-0.39, 0.29) is 5.91 Å². The fourth-order valence-corrected chi connectivity index (χ4v) is 2.17. The molecule has 0 saturated carbocycles. The van der Waals surface area contributed by atoms with Gasteiger partial charge in [0.15, 0.2) is 6.10 Å². The molecule has 0 fully saturated rings. The monoisotopic (exact) mass is 307 g/mol. The Morgan fingerprint density at radius 1 is 1.38 bits per heavy atom. The number of carbonyl (C=O) groups is 1. The summed E-state index contributed by atoms with van der Waals surface area (Å²) in [7, 11) is 1.72. The van der Waals surface area contributed by atoms with Crippen LogP contribution in [0.1, 0.15) is 18.4 Å². The molecule has 0 aliphatic rings. The first-order chi connectivity index (χ1) is 9.95. The molecule has 0 saturated heterocycles. The third-order valence-electron chi connectivity index (χ3n) is 3.02. The average molecular weight is 308 g/mol. The lowest BCUT2D eigenvalue weighted by Crippen LogP contribution is -2.37. The maximum absolute atomic E-state index is 12.3. The van der Waals surface area contributed by atoms with Crippen molar-refractivity contribution >= 4 is 17.5 Å². The van der Waals surface area contributed by atoms with Gasteiger partial charge in [-0.3, -0.25) is 4.79 Å². The van der Waals surface area contributed by atoms with E-state index in [0.717, 1.165) is 11.5 Å². The van der Waals surface area contributed by atoms with Crippen LogP contribution < -0.4 is 4.74 Å². The molecule has 0 radical (unpaired) electrons. The van der Waals surface area contributed by atoms with Gasteiger partial charge in [0.25, 0.3) is 5.91 Å². The van der Waals surface area contributed by atoms with Crippen molar-refractivity contribution in [3.8, 4) is 5.75 Å². The number of benzene rings is 1. The number of hydrogen-bond acceptors (Lipinski definition) is 3. The highest BCUT2D eigenvalue weighted by Gasteiger charge is 2.20. The van der Waals surface area contributed by atoms with Gasteiger partial charge >= 0.3 is 0 Å². The van der Waals surface area contributed by atoms with Crippen molar-refractivity contribution in [1.82, 2.24) is 4.90 Å². The second-order valence-corrected chi connectivity index (χ2v) is 5.36. The molecular weight excluding hydrogens is 290 g/mol. The minimum absolute atomic E-state index is 0.121. The number of aryl methyl sites for hydroxylation is 1. The van der Waals surface area contributed by atoms with Crippen molar-refractivity contribution in [2.24, 2.45) is 0 Å². The number of likely N-dealkylation sites (N-methyl/N-ethyl adjacent to an activating group) is 1. The third-order valence-corrected chi connectivity index (χ3v) is 3.26. The fraction of sp³-hybridized carbons (Fsp3) is 0.312. The van der Waals surface area contributed by atoms with Gasteiger partial charge in [-0.2, -0.15) is 0 Å². The van der Waals surface area contributed by atoms with E-state index < -0.39 is 6.10 Å². The first-order valence-electron chi connectivity index (χ1n) is 6.68. The van der Waals surface area contributed by atoms with Crippen LogP contribution in [0.2, 0.25) is 5.02 Å². The summed E-state index contributed by atoms with van der Waals surface area (Å²) in [6.07, 6.45) is -0.593. The highest BCUT2D eigenvalue weighted by Crippen LogP contribution is 2.19. The van der Waals surface area contributed by atoms with Gasteiger partial charge in [0.05, 0.1) is 6.54 Å². The molecule has 21 heavy (non-hydrogen) atoms. The standard InChI is InChI=1S/C16H18ClNO3/c1-11-7-8-15(20-11)10-18(3)16(19)12(2)21-14-6-4-5-13(17)9-14/h4-9,12H,10H2,1-3H3. The lowest BCUT2D eigenvalue weighted by atomic mass is 10.3. The van der Waals surface area contributed by atoms with Crippen LogP contribution in [0.15, 0.2) is 40.8 Å². The maximum Gasteiger partial charge on any atom is 0.263 e. The topological polar surface area (TPSA) is 42.7 Å². The van der Waals surface area contributed by atoms with Crippen LogP contribution >= 0.6 is 11.6 Å². The van der Waals surface area contributed by atoms with Gasteiger partial charge in [-0.1, -0.05) is 17.7 Å². The minimum Gasteiger partial charge on any atom is -0.481 e. The Hall–Kier alpha value is -1.94. The molecule has 5 heteroatoms. The summed E-state index contributed by atoms with van der Waals surface area (Å²) in [6.45, 7) is 4.00. The molecule has 0 aliphatic heterocycles. The summed E-state index contributed by atoms with van der Waals surface area (Å²) in [4.78, 5) is 13.8. The molecule has 1 heterocycles. The van der Waals surface area contributed by atoms with Crippen LogP contribution in [0.4, 0.5) is 0 Å². The molecule has 1 aromatic heterocycles. The molecule has 0 N–H and O–H groups in total. The summed E-state index contributed by atoms with van der Waals surface area (Å²) in [5.41, 5.74) is 0. The molecule has 1 unspecified atom stereocenters. The number of furan rings is 1. The zero-order chi connectivity index (χ0) is 15.4. The van der Waals surface area contributed by atoms with Crippen molar-refractivity contribution < 1.29 is 13.9 Å². The molecule has 1 amide bonds. The van der Waals surface area contributed by atoms with Crippen molar-refractivity contribution in [3.63, 3.8) is 0 Å². The number of nitrogens with zero attached hydrogens (tertiary/aromatic N) is 1. The summed E-state index contributed by atoms with van der Waals surface area (Å²) >= 11 is 5.89. The predicted octanol–water partition coefficient (Wildman–Crippen LogP) is 3.67. The Kier molecular flexibility index (Phi) is 4.91. The van der Waals surface area contributed by atoms with Gasteiger partial charge in [0.1, 0.15) is 17.3 Å². The molecule has 1 aromatic carbocycles. The average Bonchev–Trinajstić information content (AvgIpc) is 2.83. The zero-order valence-corrected chi connectivity index (χ0v) is 13.1. The van der Waals surface area contributed by atoms with Gasteiger partial charge in [-0.25, -0.2) is 0 Å². The molecule has 2 rings (SSSR count). The van der Waals surface area contributed by atoms with E-state index in [1.807, 2.05) is 19.1 Å². The van der Waals surface area contributed by atoms with E-state index >= 15 is 0 Å². The Morgan fingerprint density at radius 2 is 2.14 bits per heavy atom. The van der Waals surface area contributed by atoms with E-state index in [1.165, 1.54) is 0 Å². The van der Waals surface area contributed by atoms with E-state index in [1.54, 1.807) is 43.1 Å². The Morgan fingerprint density at radius 3 is 2.76 bits per heavy atom. The molecule has 112 valence electrons. The molecule has 0 bridgehead atoms. The number of carbonyl (C=O) groups excluding carboxylic acids is 1. The number of ether oxygens (including phenoxy) is 1. The van der Waals surface area contributed by atoms with E-state index in [0.29, 0.717) is 17.3 Å². The smallest absolute Gasteiger partial charge is 0.263 e. The van der Waals surface area contributed by atoms with E-state index in [9.17, 15) is 4.79 Å². The number of hydrogen-bond donors (Lipinski definition) is 0. The first kappa shape index (κ1) is 15.4. The Labute approximate surface area is 129 Å². The second-order valence-electron chi connectivity index (χ2n) is 4.92. The van der Waals surface area contributed by atoms with E-state index in [4.69, 9.17) is 20.8 Å². The van der Waals surface area contributed by atoms with E-state index in [2.05, 4.69) is 0 Å². The van der Waals surface area contributed by atoms with Gasteiger partial charge < -0.3 is 14.1 Å². The van der Waals surface area contributed by atoms with Crippen molar-refractivity contribution in [1.29, 1.82) is 0 Å². The zero-order valence-electron chi connectivity index (χ0n) is 12.3. The van der Waals surface area contributed by atoms with Gasteiger partial charge in [0.2, 0.25) is 0 Å². The summed E-state index contributed by atoms with van der Waals surface area (Å²) in [6, 6.07) is 10.7. The molecular formula is C16H18ClNO3. The normalized spacial score (nSPS) is 12.0. The third kappa shape index (κ3) is 4.26. The van der Waals surface area contributed by atoms with Gasteiger partial charge in [0, 0.05) is 12.1 Å².